The standard InChI is InChI=1S/C22H18ClF3N2O2S2/c1-12(2)11-32-20-14(10-27)17(13-6-3-4-7-15(13)23)18(19(29)16-8-5-9-31-16)21(30,28-20)22(24,25)26/h3-9,17-18,28,30H,1,11H2,2H3/t17-,18-,21+/m0/s1. The molecule has 2 aromatic rings. The number of thiophene rings is 1. The fourth-order valence-electron chi connectivity index (χ4n) is 3.52. The van der Waals surface area contributed by atoms with E-state index in [0.29, 0.717) is 5.57 Å². The minimum Gasteiger partial charge on any atom is -0.363 e. The number of hydrogen-bond acceptors (Lipinski definition) is 6. The maximum atomic E-state index is 14.3. The number of nitrogens with zero attached hydrogens (tertiary/aromatic N) is 1. The van der Waals surface area contributed by atoms with Crippen molar-refractivity contribution in [3.8, 4) is 6.07 Å². The Balaban J connectivity index is 2.33. The average molecular weight is 499 g/mol. The highest BCUT2D eigenvalue weighted by atomic mass is 35.5. The Morgan fingerprint density at radius 2 is 2.06 bits per heavy atom. The lowest BCUT2D eigenvalue weighted by atomic mass is 9.70. The molecule has 0 saturated heterocycles. The van der Waals surface area contributed by atoms with Crippen LogP contribution in [0, 0.1) is 17.2 Å². The fourth-order valence-corrected chi connectivity index (χ4v) is 5.42. The number of nitriles is 1. The molecule has 0 fully saturated rings. The Morgan fingerprint density at radius 3 is 2.59 bits per heavy atom. The molecule has 32 heavy (non-hydrogen) atoms. The second kappa shape index (κ2) is 9.32. The van der Waals surface area contributed by atoms with E-state index in [1.54, 1.807) is 24.4 Å². The summed E-state index contributed by atoms with van der Waals surface area (Å²) in [5, 5.41) is 24.5. The van der Waals surface area contributed by atoms with Crippen LogP contribution in [0.3, 0.4) is 0 Å². The van der Waals surface area contributed by atoms with E-state index in [9.17, 15) is 28.3 Å². The smallest absolute Gasteiger partial charge is 0.363 e. The van der Waals surface area contributed by atoms with Crippen LogP contribution in [0.2, 0.25) is 5.02 Å². The van der Waals surface area contributed by atoms with Crippen molar-refractivity contribution >= 4 is 40.5 Å². The zero-order chi connectivity index (χ0) is 23.7. The van der Waals surface area contributed by atoms with Gasteiger partial charge >= 0.3 is 6.18 Å². The van der Waals surface area contributed by atoms with Gasteiger partial charge in [-0.15, -0.1) is 23.1 Å². The largest absolute Gasteiger partial charge is 0.437 e. The molecule has 3 rings (SSSR count). The molecule has 0 aliphatic carbocycles. The van der Waals surface area contributed by atoms with Crippen LogP contribution < -0.4 is 5.32 Å². The van der Waals surface area contributed by atoms with Gasteiger partial charge in [-0.1, -0.05) is 48.0 Å². The Kier molecular flexibility index (Phi) is 7.10. The van der Waals surface area contributed by atoms with Gasteiger partial charge in [0.05, 0.1) is 27.5 Å². The highest BCUT2D eigenvalue weighted by Crippen LogP contribution is 2.52. The third-order valence-corrected chi connectivity index (χ3v) is 7.42. The summed E-state index contributed by atoms with van der Waals surface area (Å²) in [7, 11) is 0. The molecular formula is C22H18ClF3N2O2S2. The Hall–Kier alpha value is -2.25. The molecule has 0 spiro atoms. The first-order valence-electron chi connectivity index (χ1n) is 9.32. The lowest BCUT2D eigenvalue weighted by molar-refractivity contribution is -0.285. The summed E-state index contributed by atoms with van der Waals surface area (Å²) in [4.78, 5) is 13.4. The van der Waals surface area contributed by atoms with Crippen molar-refractivity contribution in [2.75, 3.05) is 5.75 Å². The van der Waals surface area contributed by atoms with E-state index in [2.05, 4.69) is 11.9 Å². The molecule has 0 bridgehead atoms. The second-order valence-electron chi connectivity index (χ2n) is 7.31. The number of benzene rings is 1. The van der Waals surface area contributed by atoms with Gasteiger partial charge < -0.3 is 10.4 Å². The van der Waals surface area contributed by atoms with E-state index in [-0.39, 0.29) is 31.8 Å². The zero-order valence-corrected chi connectivity index (χ0v) is 19.1. The van der Waals surface area contributed by atoms with Crippen molar-refractivity contribution in [3.05, 3.63) is 80.0 Å². The number of carbonyl (C=O) groups excluding carboxylic acids is 1. The fraction of sp³-hybridized carbons (Fsp3) is 0.273. The van der Waals surface area contributed by atoms with E-state index in [0.717, 1.165) is 23.1 Å². The number of allylic oxidation sites excluding steroid dienone is 1. The molecule has 0 amide bonds. The molecule has 168 valence electrons. The van der Waals surface area contributed by atoms with Gasteiger partial charge in [0.1, 0.15) is 0 Å². The Labute approximate surface area is 196 Å². The van der Waals surface area contributed by atoms with E-state index in [1.165, 1.54) is 24.3 Å². The summed E-state index contributed by atoms with van der Waals surface area (Å²) >= 11 is 8.18. The number of halogens is 4. The van der Waals surface area contributed by atoms with Crippen molar-refractivity contribution < 1.29 is 23.1 Å². The van der Waals surface area contributed by atoms with E-state index < -0.39 is 29.5 Å². The van der Waals surface area contributed by atoms with Crippen LogP contribution in [0.5, 0.6) is 0 Å². The number of nitrogens with one attached hydrogen (secondary N) is 1. The molecule has 4 nitrogen and oxygen atoms in total. The molecule has 1 aromatic heterocycles. The van der Waals surface area contributed by atoms with Crippen molar-refractivity contribution in [1.29, 1.82) is 5.26 Å². The SMILES string of the molecule is C=C(C)CSC1=C(C#N)[C@H](c2ccccc2Cl)[C@@H](C(=O)c2cccs2)[C@@](O)(C(F)(F)F)N1. The van der Waals surface area contributed by atoms with E-state index in [4.69, 9.17) is 11.6 Å². The number of rotatable bonds is 6. The van der Waals surface area contributed by atoms with Gasteiger partial charge in [0.25, 0.3) is 0 Å². The maximum absolute atomic E-state index is 14.3. The van der Waals surface area contributed by atoms with Crippen LogP contribution in [0.1, 0.15) is 28.1 Å². The van der Waals surface area contributed by atoms with Crippen LogP contribution in [0.15, 0.2) is 64.5 Å². The number of ketones is 1. The molecule has 0 unspecified atom stereocenters. The molecule has 1 aliphatic rings. The van der Waals surface area contributed by atoms with Gasteiger partial charge in [-0.25, -0.2) is 0 Å². The number of alkyl halides is 3. The third kappa shape index (κ3) is 4.46. The summed E-state index contributed by atoms with van der Waals surface area (Å²) in [6.45, 7) is 5.42. The lowest BCUT2D eigenvalue weighted by Gasteiger charge is -2.45. The van der Waals surface area contributed by atoms with Gasteiger partial charge in [-0.3, -0.25) is 4.79 Å². The number of hydrogen-bond donors (Lipinski definition) is 2. The molecular weight excluding hydrogens is 481 g/mol. The number of Topliss-reactive ketones (excluding diaryl/α,β-unsaturated/α-hetero) is 1. The summed E-state index contributed by atoms with van der Waals surface area (Å²) < 4.78 is 43.0. The first-order chi connectivity index (χ1) is 15.0. The van der Waals surface area contributed by atoms with Crippen LogP contribution in [-0.2, 0) is 0 Å². The molecule has 1 aliphatic heterocycles. The zero-order valence-electron chi connectivity index (χ0n) is 16.7. The minimum atomic E-state index is -5.24. The molecule has 0 radical (unpaired) electrons. The number of thioether (sulfide) groups is 1. The van der Waals surface area contributed by atoms with Crippen LogP contribution in [0.25, 0.3) is 0 Å². The molecule has 0 saturated carbocycles. The Bertz CT molecular complexity index is 1110. The van der Waals surface area contributed by atoms with Crippen LogP contribution in [0.4, 0.5) is 13.2 Å². The summed E-state index contributed by atoms with van der Waals surface area (Å²) in [5.74, 6) is -4.23. The Morgan fingerprint density at radius 1 is 1.38 bits per heavy atom. The van der Waals surface area contributed by atoms with E-state index >= 15 is 0 Å². The van der Waals surface area contributed by atoms with Crippen molar-refractivity contribution in [2.24, 2.45) is 5.92 Å². The third-order valence-electron chi connectivity index (χ3n) is 4.95. The summed E-state index contributed by atoms with van der Waals surface area (Å²) in [6, 6.07) is 10.9. The van der Waals surface area contributed by atoms with Gasteiger partial charge in [0.2, 0.25) is 5.72 Å². The predicted molar refractivity (Wildman–Crippen MR) is 120 cm³/mol. The van der Waals surface area contributed by atoms with E-state index in [1.807, 2.05) is 6.07 Å². The van der Waals surface area contributed by atoms with Gasteiger partial charge in [-0.2, -0.15) is 18.4 Å². The van der Waals surface area contributed by atoms with Gasteiger partial charge in [-0.05, 0) is 30.0 Å². The first-order valence-corrected chi connectivity index (χ1v) is 11.6. The van der Waals surface area contributed by atoms with Crippen molar-refractivity contribution in [3.63, 3.8) is 0 Å². The predicted octanol–water partition coefficient (Wildman–Crippen LogP) is 5.88. The topological polar surface area (TPSA) is 73.1 Å². The first kappa shape index (κ1) is 24.4. The van der Waals surface area contributed by atoms with Crippen molar-refractivity contribution in [1.82, 2.24) is 5.32 Å². The average Bonchev–Trinajstić information content (AvgIpc) is 3.26. The molecule has 2 N–H and O–H groups in total. The molecule has 2 heterocycles. The molecule has 3 atom stereocenters. The summed E-state index contributed by atoms with van der Waals surface area (Å²) in [6.07, 6.45) is -5.24. The molecule has 1 aromatic carbocycles. The number of carbonyl (C=O) groups is 1. The lowest BCUT2D eigenvalue weighted by Crippen LogP contribution is -2.66. The monoisotopic (exact) mass is 498 g/mol. The molecule has 10 heteroatoms. The van der Waals surface area contributed by atoms with Gasteiger partial charge in [0.15, 0.2) is 5.78 Å². The number of aliphatic hydroxyl groups is 1. The normalized spacial score (nSPS) is 23.4. The van der Waals surface area contributed by atoms with Gasteiger partial charge in [0, 0.05) is 16.7 Å². The minimum absolute atomic E-state index is 0.0341. The van der Waals surface area contributed by atoms with Crippen LogP contribution in [-0.4, -0.2) is 28.5 Å². The highest BCUT2D eigenvalue weighted by molar-refractivity contribution is 8.03. The maximum Gasteiger partial charge on any atom is 0.437 e. The second-order valence-corrected chi connectivity index (χ2v) is 9.65. The van der Waals surface area contributed by atoms with Crippen molar-refractivity contribution in [2.45, 2.75) is 24.7 Å². The quantitative estimate of drug-likeness (QED) is 0.384. The summed E-state index contributed by atoms with van der Waals surface area (Å²) in [5.41, 5.74) is -2.93. The highest BCUT2D eigenvalue weighted by Gasteiger charge is 2.66. The van der Waals surface area contributed by atoms with Crippen LogP contribution >= 0.6 is 34.7 Å².